The fourth-order valence-corrected chi connectivity index (χ4v) is 3.65. The Labute approximate surface area is 147 Å². The molecule has 4 N–H and O–H groups in total. The van der Waals surface area contributed by atoms with Crippen LogP contribution < -0.4 is 16.4 Å². The lowest BCUT2D eigenvalue weighted by molar-refractivity contribution is -0.123. The van der Waals surface area contributed by atoms with Gasteiger partial charge in [0.2, 0.25) is 11.8 Å². The van der Waals surface area contributed by atoms with Crippen LogP contribution in [0.25, 0.3) is 10.9 Å². The molecule has 0 aliphatic heterocycles. The molecule has 0 saturated heterocycles. The largest absolute Gasteiger partial charge is 0.358 e. The molecule has 6 heteroatoms. The average Bonchev–Trinajstić information content (AvgIpc) is 2.96. The monoisotopic (exact) mass is 342 g/mol. The number of anilines is 1. The first kappa shape index (κ1) is 17.5. The van der Waals surface area contributed by atoms with Crippen molar-refractivity contribution in [2.24, 2.45) is 11.7 Å². The van der Waals surface area contributed by atoms with Crippen molar-refractivity contribution in [2.75, 3.05) is 12.4 Å². The quantitative estimate of drug-likeness (QED) is 0.796. The summed E-state index contributed by atoms with van der Waals surface area (Å²) in [4.78, 5) is 24.4. The summed E-state index contributed by atoms with van der Waals surface area (Å²) >= 11 is 0. The second kappa shape index (κ2) is 6.88. The standard InChI is InChI=1S/C19H26N4O2/c1-19(20)9-4-3-5-15(19)18(25)22-14-7-6-13-8-10-23(16(13)11-14)12-17(24)21-2/h6-8,10-11,15H,3-5,9,12,20H2,1-2H3,(H,21,24)(H,22,25). The molecule has 2 atom stereocenters. The van der Waals surface area contributed by atoms with E-state index in [0.717, 1.165) is 42.3 Å². The first-order valence-electron chi connectivity index (χ1n) is 8.80. The maximum Gasteiger partial charge on any atom is 0.239 e. The normalized spacial score (nSPS) is 23.4. The van der Waals surface area contributed by atoms with Crippen molar-refractivity contribution < 1.29 is 9.59 Å². The van der Waals surface area contributed by atoms with E-state index in [4.69, 9.17) is 5.73 Å². The summed E-state index contributed by atoms with van der Waals surface area (Å²) in [6, 6.07) is 7.71. The highest BCUT2D eigenvalue weighted by Gasteiger charge is 2.37. The van der Waals surface area contributed by atoms with Gasteiger partial charge in [-0.15, -0.1) is 0 Å². The fraction of sp³-hybridized carbons (Fsp3) is 0.474. The second-order valence-corrected chi connectivity index (χ2v) is 7.18. The molecule has 1 heterocycles. The van der Waals surface area contributed by atoms with Crippen LogP contribution in [0.1, 0.15) is 32.6 Å². The van der Waals surface area contributed by atoms with E-state index in [0.29, 0.717) is 0 Å². The molecule has 1 aromatic carbocycles. The smallest absolute Gasteiger partial charge is 0.239 e. The number of hydrogen-bond donors (Lipinski definition) is 3. The highest BCUT2D eigenvalue weighted by molar-refractivity contribution is 5.96. The summed E-state index contributed by atoms with van der Waals surface area (Å²) in [5.41, 5.74) is 7.53. The van der Waals surface area contributed by atoms with Crippen molar-refractivity contribution in [3.05, 3.63) is 30.5 Å². The van der Waals surface area contributed by atoms with E-state index in [-0.39, 0.29) is 24.3 Å². The molecule has 1 fully saturated rings. The van der Waals surface area contributed by atoms with Gasteiger partial charge < -0.3 is 20.9 Å². The van der Waals surface area contributed by atoms with Gasteiger partial charge >= 0.3 is 0 Å². The van der Waals surface area contributed by atoms with Crippen molar-refractivity contribution in [3.8, 4) is 0 Å². The number of likely N-dealkylation sites (N-methyl/N-ethyl adjacent to an activating group) is 1. The van der Waals surface area contributed by atoms with Crippen molar-refractivity contribution >= 4 is 28.4 Å². The van der Waals surface area contributed by atoms with E-state index in [9.17, 15) is 9.59 Å². The molecule has 0 bridgehead atoms. The van der Waals surface area contributed by atoms with Crippen LogP contribution in [0.3, 0.4) is 0 Å². The Kier molecular flexibility index (Phi) is 4.81. The number of amides is 2. The summed E-state index contributed by atoms with van der Waals surface area (Å²) < 4.78 is 1.87. The van der Waals surface area contributed by atoms with Gasteiger partial charge in [0.25, 0.3) is 0 Å². The minimum Gasteiger partial charge on any atom is -0.358 e. The number of carbonyl (C=O) groups is 2. The predicted molar refractivity (Wildman–Crippen MR) is 99.2 cm³/mol. The third-order valence-electron chi connectivity index (χ3n) is 5.21. The molecule has 2 aromatic rings. The highest BCUT2D eigenvalue weighted by atomic mass is 16.2. The van der Waals surface area contributed by atoms with Gasteiger partial charge in [-0.2, -0.15) is 0 Å². The SMILES string of the molecule is CNC(=O)Cn1ccc2ccc(NC(=O)C3CCCCC3(C)N)cc21. The lowest BCUT2D eigenvalue weighted by Gasteiger charge is -2.37. The minimum atomic E-state index is -0.453. The molecular weight excluding hydrogens is 316 g/mol. The topological polar surface area (TPSA) is 89.2 Å². The van der Waals surface area contributed by atoms with Gasteiger partial charge in [-0.25, -0.2) is 0 Å². The highest BCUT2D eigenvalue weighted by Crippen LogP contribution is 2.32. The summed E-state index contributed by atoms with van der Waals surface area (Å²) in [7, 11) is 1.62. The number of hydrogen-bond acceptors (Lipinski definition) is 3. The number of fused-ring (bicyclic) bond motifs is 1. The van der Waals surface area contributed by atoms with E-state index in [1.54, 1.807) is 7.05 Å². The third kappa shape index (κ3) is 3.69. The molecule has 1 aliphatic carbocycles. The Morgan fingerprint density at radius 1 is 1.32 bits per heavy atom. The number of nitrogens with two attached hydrogens (primary N) is 1. The van der Waals surface area contributed by atoms with Crippen LogP contribution in [0.4, 0.5) is 5.69 Å². The molecule has 1 aromatic heterocycles. The summed E-state index contributed by atoms with van der Waals surface area (Å²) in [6.07, 6.45) is 5.70. The number of nitrogens with one attached hydrogen (secondary N) is 2. The van der Waals surface area contributed by atoms with E-state index in [1.807, 2.05) is 42.0 Å². The molecule has 1 aliphatic rings. The molecule has 0 spiro atoms. The third-order valence-corrected chi connectivity index (χ3v) is 5.21. The summed E-state index contributed by atoms with van der Waals surface area (Å²) in [6.45, 7) is 2.22. The first-order valence-corrected chi connectivity index (χ1v) is 8.80. The van der Waals surface area contributed by atoms with Gasteiger partial charge in [0.15, 0.2) is 0 Å². The number of benzene rings is 1. The molecule has 134 valence electrons. The van der Waals surface area contributed by atoms with E-state index >= 15 is 0 Å². The molecule has 1 saturated carbocycles. The van der Waals surface area contributed by atoms with Crippen LogP contribution in [-0.4, -0.2) is 29.0 Å². The maximum absolute atomic E-state index is 12.7. The molecular formula is C19H26N4O2. The van der Waals surface area contributed by atoms with Crippen molar-refractivity contribution in [2.45, 2.75) is 44.7 Å². The van der Waals surface area contributed by atoms with Crippen LogP contribution in [0.5, 0.6) is 0 Å². The Morgan fingerprint density at radius 2 is 2.12 bits per heavy atom. The van der Waals surface area contributed by atoms with Gasteiger partial charge in [-0.3, -0.25) is 9.59 Å². The Morgan fingerprint density at radius 3 is 2.84 bits per heavy atom. The Balaban J connectivity index is 1.80. The Bertz CT molecular complexity index is 794. The van der Waals surface area contributed by atoms with Gasteiger partial charge in [-0.05, 0) is 43.4 Å². The zero-order chi connectivity index (χ0) is 18.0. The van der Waals surface area contributed by atoms with Gasteiger partial charge in [0.1, 0.15) is 6.54 Å². The minimum absolute atomic E-state index is 0.0199. The molecule has 0 radical (unpaired) electrons. The van der Waals surface area contributed by atoms with Crippen LogP contribution in [0, 0.1) is 5.92 Å². The molecule has 2 unspecified atom stereocenters. The number of aromatic nitrogens is 1. The van der Waals surface area contributed by atoms with Crippen molar-refractivity contribution in [3.63, 3.8) is 0 Å². The summed E-state index contributed by atoms with van der Waals surface area (Å²) in [5, 5.41) is 6.67. The number of carbonyl (C=O) groups excluding carboxylic acids is 2. The van der Waals surface area contributed by atoms with Crippen molar-refractivity contribution in [1.82, 2.24) is 9.88 Å². The van der Waals surface area contributed by atoms with Crippen molar-refractivity contribution in [1.29, 1.82) is 0 Å². The fourth-order valence-electron chi connectivity index (χ4n) is 3.65. The molecule has 25 heavy (non-hydrogen) atoms. The van der Waals surface area contributed by atoms with Crippen LogP contribution in [0.15, 0.2) is 30.5 Å². The zero-order valence-electron chi connectivity index (χ0n) is 14.8. The van der Waals surface area contributed by atoms with Crippen LogP contribution in [0.2, 0.25) is 0 Å². The molecule has 3 rings (SSSR count). The maximum atomic E-state index is 12.7. The number of rotatable bonds is 4. The lowest BCUT2D eigenvalue weighted by Crippen LogP contribution is -2.51. The number of nitrogens with zero attached hydrogens (tertiary/aromatic N) is 1. The second-order valence-electron chi connectivity index (χ2n) is 7.18. The van der Waals surface area contributed by atoms with E-state index in [2.05, 4.69) is 10.6 Å². The van der Waals surface area contributed by atoms with Crippen LogP contribution >= 0.6 is 0 Å². The van der Waals surface area contributed by atoms with Gasteiger partial charge in [0, 0.05) is 24.5 Å². The van der Waals surface area contributed by atoms with Gasteiger partial charge in [-0.1, -0.05) is 18.9 Å². The van der Waals surface area contributed by atoms with E-state index < -0.39 is 5.54 Å². The molecule has 6 nitrogen and oxygen atoms in total. The zero-order valence-corrected chi connectivity index (χ0v) is 14.8. The summed E-state index contributed by atoms with van der Waals surface area (Å²) in [5.74, 6) is -0.254. The lowest BCUT2D eigenvalue weighted by atomic mass is 9.74. The van der Waals surface area contributed by atoms with E-state index in [1.165, 1.54) is 0 Å². The Hall–Kier alpha value is -2.34. The average molecular weight is 342 g/mol. The predicted octanol–water partition coefficient (Wildman–Crippen LogP) is 2.23. The van der Waals surface area contributed by atoms with Crippen LogP contribution in [-0.2, 0) is 16.1 Å². The molecule has 2 amide bonds. The first-order chi connectivity index (χ1) is 11.9. The van der Waals surface area contributed by atoms with Gasteiger partial charge in [0.05, 0.1) is 11.4 Å².